The summed E-state index contributed by atoms with van der Waals surface area (Å²) < 4.78 is 22.1. The molecule has 4 aliphatic rings. The summed E-state index contributed by atoms with van der Waals surface area (Å²) >= 11 is 0. The Hall–Kier alpha value is -1.83. The lowest BCUT2D eigenvalue weighted by Crippen LogP contribution is -2.45. The van der Waals surface area contributed by atoms with E-state index in [-0.39, 0.29) is 30.9 Å². The zero-order chi connectivity index (χ0) is 18.9. The highest BCUT2D eigenvalue weighted by Crippen LogP contribution is 2.34. The van der Waals surface area contributed by atoms with Gasteiger partial charge in [0.15, 0.2) is 11.5 Å². The molecule has 0 spiro atoms. The number of amides is 1. The maximum absolute atomic E-state index is 12.9. The Bertz CT molecular complexity index is 727. The van der Waals surface area contributed by atoms with Crippen molar-refractivity contribution >= 4 is 5.91 Å². The Morgan fingerprint density at radius 1 is 1.07 bits per heavy atom. The molecular weight excluding hydrogens is 360 g/mol. The zero-order valence-electron chi connectivity index (χ0n) is 16.1. The van der Waals surface area contributed by atoms with Gasteiger partial charge in [0.1, 0.15) is 6.79 Å². The Morgan fingerprint density at radius 2 is 1.96 bits per heavy atom. The molecule has 28 heavy (non-hydrogen) atoms. The first-order valence-electron chi connectivity index (χ1n) is 10.4. The molecule has 4 atom stereocenters. The van der Waals surface area contributed by atoms with Crippen LogP contribution >= 0.6 is 0 Å². The number of hydrogen-bond acceptors (Lipinski definition) is 6. The van der Waals surface area contributed by atoms with Gasteiger partial charge in [0.05, 0.1) is 18.2 Å². The van der Waals surface area contributed by atoms with Crippen molar-refractivity contribution in [2.75, 3.05) is 26.7 Å². The minimum absolute atomic E-state index is 0.0483. The molecule has 0 bridgehead atoms. The molecular formula is C21H28N2O5. The molecule has 7 nitrogen and oxygen atoms in total. The summed E-state index contributed by atoms with van der Waals surface area (Å²) in [5, 5.41) is 3.21. The molecule has 1 aromatic rings. The fourth-order valence-corrected chi connectivity index (χ4v) is 4.90. The molecule has 1 amide bonds. The molecule has 3 heterocycles. The van der Waals surface area contributed by atoms with Crippen LogP contribution in [-0.4, -0.2) is 55.7 Å². The second-order valence-electron chi connectivity index (χ2n) is 8.27. The van der Waals surface area contributed by atoms with Gasteiger partial charge in [-0.1, -0.05) is 6.07 Å². The topological polar surface area (TPSA) is 69.3 Å². The summed E-state index contributed by atoms with van der Waals surface area (Å²) in [6.45, 7) is 3.15. The van der Waals surface area contributed by atoms with Gasteiger partial charge in [-0.25, -0.2) is 0 Å². The summed E-state index contributed by atoms with van der Waals surface area (Å²) in [6, 6.07) is 5.99. The number of fused-ring (bicyclic) bond motifs is 2. The Kier molecular flexibility index (Phi) is 5.13. The van der Waals surface area contributed by atoms with Crippen molar-refractivity contribution in [2.24, 2.45) is 5.92 Å². The van der Waals surface area contributed by atoms with E-state index in [0.29, 0.717) is 12.7 Å². The third-order valence-corrected chi connectivity index (χ3v) is 6.46. The number of nitrogens with one attached hydrogen (secondary N) is 1. The maximum atomic E-state index is 12.9. The van der Waals surface area contributed by atoms with Gasteiger partial charge in [-0.05, 0) is 62.3 Å². The number of carbonyl (C=O) groups is 1. The van der Waals surface area contributed by atoms with Gasteiger partial charge in [0.25, 0.3) is 0 Å². The van der Waals surface area contributed by atoms with Crippen molar-refractivity contribution < 1.29 is 23.7 Å². The van der Waals surface area contributed by atoms with Crippen LogP contribution in [0, 0.1) is 5.92 Å². The number of nitrogens with zero attached hydrogens (tertiary/aromatic N) is 1. The van der Waals surface area contributed by atoms with E-state index in [0.717, 1.165) is 68.8 Å². The van der Waals surface area contributed by atoms with Crippen LogP contribution in [0.1, 0.15) is 37.7 Å². The van der Waals surface area contributed by atoms with Crippen molar-refractivity contribution in [2.45, 2.75) is 56.9 Å². The van der Waals surface area contributed by atoms with Gasteiger partial charge in [-0.3, -0.25) is 9.69 Å². The average Bonchev–Trinajstić information content (AvgIpc) is 3.45. The number of carbonyl (C=O) groups excluding carboxylic acids is 1. The van der Waals surface area contributed by atoms with Crippen molar-refractivity contribution in [3.63, 3.8) is 0 Å². The molecule has 4 unspecified atom stereocenters. The largest absolute Gasteiger partial charge is 0.454 e. The van der Waals surface area contributed by atoms with Crippen molar-refractivity contribution in [3.05, 3.63) is 23.8 Å². The fraction of sp³-hybridized carbons (Fsp3) is 0.667. The van der Waals surface area contributed by atoms with Crippen LogP contribution in [0.4, 0.5) is 0 Å². The van der Waals surface area contributed by atoms with Crippen LogP contribution < -0.4 is 14.8 Å². The Balaban J connectivity index is 1.14. The van der Waals surface area contributed by atoms with E-state index in [1.54, 1.807) is 0 Å². The zero-order valence-corrected chi connectivity index (χ0v) is 16.1. The first-order valence-corrected chi connectivity index (χ1v) is 10.4. The summed E-state index contributed by atoms with van der Waals surface area (Å²) in [7, 11) is 0. The summed E-state index contributed by atoms with van der Waals surface area (Å²) in [6.07, 6.45) is 5.56. The second kappa shape index (κ2) is 7.89. The molecule has 1 N–H and O–H groups in total. The molecule has 152 valence electrons. The minimum Gasteiger partial charge on any atom is -0.454 e. The highest BCUT2D eigenvalue weighted by atomic mass is 16.7. The average molecular weight is 388 g/mol. The van der Waals surface area contributed by atoms with E-state index >= 15 is 0 Å². The molecule has 0 radical (unpaired) electrons. The van der Waals surface area contributed by atoms with Crippen molar-refractivity contribution in [1.82, 2.24) is 10.2 Å². The van der Waals surface area contributed by atoms with E-state index in [4.69, 9.17) is 18.9 Å². The lowest BCUT2D eigenvalue weighted by molar-refractivity contribution is -0.126. The van der Waals surface area contributed by atoms with Gasteiger partial charge in [-0.15, -0.1) is 0 Å². The predicted molar refractivity (Wildman–Crippen MR) is 101 cm³/mol. The van der Waals surface area contributed by atoms with Gasteiger partial charge in [-0.2, -0.15) is 0 Å². The molecule has 3 aliphatic heterocycles. The van der Waals surface area contributed by atoms with Gasteiger partial charge >= 0.3 is 0 Å². The van der Waals surface area contributed by atoms with E-state index in [9.17, 15) is 4.79 Å². The third-order valence-electron chi connectivity index (χ3n) is 6.46. The van der Waals surface area contributed by atoms with Gasteiger partial charge in [0, 0.05) is 13.1 Å². The molecule has 1 saturated carbocycles. The number of benzene rings is 1. The first kappa shape index (κ1) is 18.2. The lowest BCUT2D eigenvalue weighted by Gasteiger charge is -2.30. The Morgan fingerprint density at radius 3 is 2.93 bits per heavy atom. The van der Waals surface area contributed by atoms with Gasteiger partial charge in [0.2, 0.25) is 12.7 Å². The number of ether oxygens (including phenoxy) is 4. The fourth-order valence-electron chi connectivity index (χ4n) is 4.90. The summed E-state index contributed by atoms with van der Waals surface area (Å²) in [5.41, 5.74) is 1.15. The predicted octanol–water partition coefficient (Wildman–Crippen LogP) is 2.04. The third kappa shape index (κ3) is 3.71. The molecule has 1 aromatic carbocycles. The van der Waals surface area contributed by atoms with E-state index in [1.807, 2.05) is 12.1 Å². The van der Waals surface area contributed by atoms with Crippen LogP contribution in [-0.2, 0) is 20.8 Å². The minimum atomic E-state index is -0.0483. The van der Waals surface area contributed by atoms with E-state index < -0.39 is 0 Å². The number of rotatable bonds is 5. The first-order chi connectivity index (χ1) is 13.8. The summed E-state index contributed by atoms with van der Waals surface area (Å²) in [4.78, 5) is 15.1. The van der Waals surface area contributed by atoms with Crippen LogP contribution in [0.25, 0.3) is 0 Å². The second-order valence-corrected chi connectivity index (χ2v) is 8.27. The molecule has 5 rings (SSSR count). The van der Waals surface area contributed by atoms with Crippen LogP contribution in [0.5, 0.6) is 11.5 Å². The lowest BCUT2D eigenvalue weighted by atomic mass is 9.85. The monoisotopic (exact) mass is 388 g/mol. The highest BCUT2D eigenvalue weighted by Gasteiger charge is 2.37. The molecule has 1 aliphatic carbocycles. The Labute approximate surface area is 165 Å². The van der Waals surface area contributed by atoms with E-state index in [1.165, 1.54) is 0 Å². The van der Waals surface area contributed by atoms with Crippen molar-refractivity contribution in [3.8, 4) is 11.5 Å². The van der Waals surface area contributed by atoms with E-state index in [2.05, 4.69) is 16.3 Å². The van der Waals surface area contributed by atoms with Crippen LogP contribution in [0.15, 0.2) is 18.2 Å². The molecule has 7 heteroatoms. The molecule has 2 saturated heterocycles. The number of likely N-dealkylation sites (tertiary alicyclic amines) is 1. The number of hydrogen-bond donors (Lipinski definition) is 1. The molecule has 0 aromatic heterocycles. The quantitative estimate of drug-likeness (QED) is 0.833. The van der Waals surface area contributed by atoms with Crippen LogP contribution in [0.3, 0.4) is 0 Å². The maximum Gasteiger partial charge on any atom is 0.237 e. The van der Waals surface area contributed by atoms with Crippen LogP contribution in [0.2, 0.25) is 0 Å². The molecule has 3 fully saturated rings. The van der Waals surface area contributed by atoms with Crippen molar-refractivity contribution in [1.29, 1.82) is 0 Å². The van der Waals surface area contributed by atoms with Gasteiger partial charge < -0.3 is 24.3 Å². The summed E-state index contributed by atoms with van der Waals surface area (Å²) in [5.74, 6) is 2.23. The smallest absolute Gasteiger partial charge is 0.237 e. The SMILES string of the molecule is O=C(NCC1CCC2OCOC2C1)C1CCCN1Cc1ccc2c(c1)OCO2. The highest BCUT2D eigenvalue weighted by molar-refractivity contribution is 5.82. The normalized spacial score (nSPS) is 31.7. The standard InChI is InChI=1S/C21H28N2O5/c24-21(22-10-14-3-5-17-19(8-14)27-12-25-17)16-2-1-7-23(16)11-15-4-6-18-20(9-15)28-13-26-18/h4,6,9,14,16-17,19H,1-3,5,7-8,10-13H2,(H,22,24).